The molecule has 7 nitrogen and oxygen atoms in total. The molecular formula is C27H28FN3O4. The van der Waals surface area contributed by atoms with Gasteiger partial charge in [0.15, 0.2) is 0 Å². The number of hydrogen-bond acceptors (Lipinski definition) is 4. The van der Waals surface area contributed by atoms with Crippen molar-refractivity contribution in [3.63, 3.8) is 0 Å². The number of benzene rings is 2. The lowest BCUT2D eigenvalue weighted by atomic mass is 9.81. The van der Waals surface area contributed by atoms with Crippen LogP contribution in [0.4, 0.5) is 10.1 Å². The van der Waals surface area contributed by atoms with E-state index in [2.05, 4.69) is 4.98 Å². The third kappa shape index (κ3) is 4.43. The van der Waals surface area contributed by atoms with Crippen LogP contribution in [0.3, 0.4) is 0 Å². The second-order valence-electron chi connectivity index (χ2n) is 9.27. The van der Waals surface area contributed by atoms with Crippen molar-refractivity contribution in [2.75, 3.05) is 25.1 Å². The van der Waals surface area contributed by atoms with Crippen LogP contribution in [0.15, 0.2) is 48.7 Å². The molecule has 35 heavy (non-hydrogen) atoms. The average Bonchev–Trinajstić information content (AvgIpc) is 3.15. The summed E-state index contributed by atoms with van der Waals surface area (Å²) in [6.45, 7) is 7.64. The van der Waals surface area contributed by atoms with Crippen LogP contribution in [0, 0.1) is 5.82 Å². The van der Waals surface area contributed by atoms with Crippen molar-refractivity contribution in [1.29, 1.82) is 0 Å². The molecule has 0 radical (unpaired) electrons. The summed E-state index contributed by atoms with van der Waals surface area (Å²) in [6.07, 6.45) is 1.51. The van der Waals surface area contributed by atoms with E-state index >= 15 is 0 Å². The normalized spacial score (nSPS) is 14.7. The molecule has 4 rings (SSSR count). The molecule has 8 heteroatoms. The van der Waals surface area contributed by atoms with Gasteiger partial charge >= 0.3 is 5.97 Å². The van der Waals surface area contributed by atoms with Gasteiger partial charge in [-0.2, -0.15) is 0 Å². The number of fused-ring (bicyclic) bond motifs is 3. The summed E-state index contributed by atoms with van der Waals surface area (Å²) in [5, 5.41) is 0.849. The van der Waals surface area contributed by atoms with Crippen LogP contribution >= 0.6 is 0 Å². The number of carbonyl (C=O) groups is 3. The Morgan fingerprint density at radius 2 is 1.83 bits per heavy atom. The summed E-state index contributed by atoms with van der Waals surface area (Å²) >= 11 is 0. The number of anilines is 1. The van der Waals surface area contributed by atoms with Crippen LogP contribution in [0.2, 0.25) is 0 Å². The zero-order valence-corrected chi connectivity index (χ0v) is 20.4. The zero-order chi connectivity index (χ0) is 25.5. The summed E-state index contributed by atoms with van der Waals surface area (Å²) in [5.41, 5.74) is 2.87. The molecule has 182 valence electrons. The van der Waals surface area contributed by atoms with Crippen LogP contribution in [0.1, 0.15) is 49.3 Å². The second-order valence-corrected chi connectivity index (χ2v) is 9.27. The van der Waals surface area contributed by atoms with Crippen LogP contribution in [0.25, 0.3) is 16.5 Å². The van der Waals surface area contributed by atoms with E-state index in [9.17, 15) is 18.8 Å². The van der Waals surface area contributed by atoms with Gasteiger partial charge in [-0.05, 0) is 55.0 Å². The van der Waals surface area contributed by atoms with E-state index in [1.165, 1.54) is 42.3 Å². The number of carbonyl (C=O) groups excluding carboxylic acids is 3. The predicted octanol–water partition coefficient (Wildman–Crippen LogP) is 4.63. The Hall–Kier alpha value is -3.94. The van der Waals surface area contributed by atoms with Crippen molar-refractivity contribution in [2.24, 2.45) is 0 Å². The molecule has 1 aliphatic rings. The van der Waals surface area contributed by atoms with Gasteiger partial charge in [0.25, 0.3) is 5.91 Å². The molecule has 2 amide bonds. The van der Waals surface area contributed by atoms with Crippen molar-refractivity contribution >= 4 is 39.9 Å². The number of esters is 1. The van der Waals surface area contributed by atoms with Crippen LogP contribution < -0.4 is 4.90 Å². The molecule has 1 aromatic heterocycles. The van der Waals surface area contributed by atoms with Gasteiger partial charge in [-0.25, -0.2) is 9.18 Å². The minimum Gasteiger partial charge on any atom is -0.462 e. The smallest absolute Gasteiger partial charge is 0.341 e. The first-order valence-corrected chi connectivity index (χ1v) is 11.4. The number of H-pyrrole nitrogens is 1. The molecule has 0 unspecified atom stereocenters. The van der Waals surface area contributed by atoms with Crippen molar-refractivity contribution in [1.82, 2.24) is 9.88 Å². The Morgan fingerprint density at radius 1 is 1.14 bits per heavy atom. The van der Waals surface area contributed by atoms with Crippen molar-refractivity contribution in [3.8, 4) is 0 Å². The average molecular weight is 478 g/mol. The number of rotatable bonds is 4. The van der Waals surface area contributed by atoms with Gasteiger partial charge in [0.05, 0.1) is 17.9 Å². The van der Waals surface area contributed by atoms with Gasteiger partial charge in [0, 0.05) is 54.3 Å². The molecular weight excluding hydrogens is 449 g/mol. The number of hydrogen-bond donors (Lipinski definition) is 1. The first-order chi connectivity index (χ1) is 16.5. The number of aromatic amines is 1. The highest BCUT2D eigenvalue weighted by molar-refractivity contribution is 6.18. The maximum atomic E-state index is 13.4. The van der Waals surface area contributed by atoms with Crippen molar-refractivity contribution in [3.05, 3.63) is 71.3 Å². The van der Waals surface area contributed by atoms with Crippen LogP contribution in [-0.2, 0) is 19.7 Å². The number of aromatic nitrogens is 1. The maximum Gasteiger partial charge on any atom is 0.341 e. The lowest BCUT2D eigenvalue weighted by Crippen LogP contribution is -2.37. The summed E-state index contributed by atoms with van der Waals surface area (Å²) in [5.74, 6) is -1.45. The molecule has 0 spiro atoms. The van der Waals surface area contributed by atoms with Crippen LogP contribution in [-0.4, -0.2) is 47.9 Å². The number of ether oxygens (including phenoxy) is 1. The Kier molecular flexibility index (Phi) is 6.23. The van der Waals surface area contributed by atoms with E-state index in [1.807, 2.05) is 32.0 Å². The highest BCUT2D eigenvalue weighted by Gasteiger charge is 2.37. The fraction of sp³-hybridized carbons (Fsp3) is 0.296. The summed E-state index contributed by atoms with van der Waals surface area (Å²) < 4.78 is 18.8. The predicted molar refractivity (Wildman–Crippen MR) is 132 cm³/mol. The maximum absolute atomic E-state index is 13.4. The molecule has 1 N–H and O–H groups in total. The standard InChI is InChI=1S/C27H28FN3O4/c1-6-35-26(34)21-14-31(25(33)17-7-9-18(28)10-8-17)15-27(3,4)23-20-13-19(30(5)16(2)32)11-12-22(20)29-24(21)23/h7-14,29H,6,15H2,1-5H3. The van der Waals surface area contributed by atoms with E-state index in [0.29, 0.717) is 16.9 Å². The van der Waals surface area contributed by atoms with Gasteiger partial charge in [-0.15, -0.1) is 0 Å². The Bertz CT molecular complexity index is 1350. The van der Waals surface area contributed by atoms with Gasteiger partial charge in [-0.1, -0.05) is 13.8 Å². The lowest BCUT2D eigenvalue weighted by molar-refractivity contribution is -0.136. The molecule has 3 aromatic rings. The number of halogens is 1. The van der Waals surface area contributed by atoms with Crippen LogP contribution in [0.5, 0.6) is 0 Å². The van der Waals surface area contributed by atoms with E-state index in [0.717, 1.165) is 16.5 Å². The molecule has 2 aromatic carbocycles. The largest absolute Gasteiger partial charge is 0.462 e. The Morgan fingerprint density at radius 3 is 2.46 bits per heavy atom. The van der Waals surface area contributed by atoms with E-state index < -0.39 is 17.2 Å². The quantitative estimate of drug-likeness (QED) is 0.556. The Balaban J connectivity index is 1.90. The molecule has 0 saturated carbocycles. The monoisotopic (exact) mass is 477 g/mol. The zero-order valence-electron chi connectivity index (χ0n) is 20.4. The van der Waals surface area contributed by atoms with Gasteiger partial charge in [0.2, 0.25) is 5.91 Å². The highest BCUT2D eigenvalue weighted by Crippen LogP contribution is 2.41. The fourth-order valence-corrected chi connectivity index (χ4v) is 4.50. The second kappa shape index (κ2) is 9.02. The lowest BCUT2D eigenvalue weighted by Gasteiger charge is -2.30. The third-order valence-corrected chi connectivity index (χ3v) is 6.29. The molecule has 1 aliphatic heterocycles. The summed E-state index contributed by atoms with van der Waals surface area (Å²) in [7, 11) is 1.70. The number of nitrogens with one attached hydrogen (secondary N) is 1. The van der Waals surface area contributed by atoms with E-state index in [4.69, 9.17) is 4.74 Å². The number of nitrogens with zero attached hydrogens (tertiary/aromatic N) is 2. The number of amides is 2. The van der Waals surface area contributed by atoms with Crippen molar-refractivity contribution < 1.29 is 23.5 Å². The van der Waals surface area contributed by atoms with E-state index in [-0.39, 0.29) is 30.5 Å². The van der Waals surface area contributed by atoms with Crippen molar-refractivity contribution in [2.45, 2.75) is 33.1 Å². The molecule has 2 heterocycles. The summed E-state index contributed by atoms with van der Waals surface area (Å²) in [4.78, 5) is 44.8. The highest BCUT2D eigenvalue weighted by atomic mass is 19.1. The van der Waals surface area contributed by atoms with Gasteiger partial charge < -0.3 is 19.5 Å². The van der Waals surface area contributed by atoms with E-state index in [1.54, 1.807) is 18.9 Å². The SMILES string of the molecule is CCOC(=O)C1=CN(C(=O)c2ccc(F)cc2)CC(C)(C)c2c1[nH]c1ccc(N(C)C(C)=O)cc21. The topological polar surface area (TPSA) is 82.7 Å². The molecule has 0 atom stereocenters. The van der Waals surface area contributed by atoms with Gasteiger partial charge in [-0.3, -0.25) is 9.59 Å². The molecule has 0 saturated heterocycles. The molecule has 0 fully saturated rings. The fourth-order valence-electron chi connectivity index (χ4n) is 4.50. The summed E-state index contributed by atoms with van der Waals surface area (Å²) in [6, 6.07) is 10.9. The molecule has 0 bridgehead atoms. The first kappa shape index (κ1) is 24.2. The third-order valence-electron chi connectivity index (χ3n) is 6.29. The molecule has 0 aliphatic carbocycles. The first-order valence-electron chi connectivity index (χ1n) is 11.4. The Labute approximate surface area is 203 Å². The minimum atomic E-state index is -0.596. The minimum absolute atomic E-state index is 0.103. The van der Waals surface area contributed by atoms with Gasteiger partial charge in [0.1, 0.15) is 5.82 Å².